The fraction of sp³-hybridized carbons (Fsp3) is 0.565. The summed E-state index contributed by atoms with van der Waals surface area (Å²) in [6.45, 7) is 5.94. The SMILES string of the molecule is Cc1ccc(OCC(=O)N2CCCC2c2noc(CCC(=O)N3CCN(C)CC3)n2)cc1. The molecule has 172 valence electrons. The van der Waals surface area contributed by atoms with E-state index in [4.69, 9.17) is 9.26 Å². The number of rotatable bonds is 7. The first-order valence-corrected chi connectivity index (χ1v) is 11.3. The van der Waals surface area contributed by atoms with Crippen molar-refractivity contribution < 1.29 is 18.8 Å². The molecule has 2 aliphatic rings. The Kier molecular flexibility index (Phi) is 7.04. The van der Waals surface area contributed by atoms with Crippen LogP contribution in [0.3, 0.4) is 0 Å². The van der Waals surface area contributed by atoms with Crippen molar-refractivity contribution in [1.82, 2.24) is 24.8 Å². The second kappa shape index (κ2) is 10.1. The maximum Gasteiger partial charge on any atom is 0.261 e. The number of benzene rings is 1. The fourth-order valence-electron chi connectivity index (χ4n) is 4.13. The zero-order valence-electron chi connectivity index (χ0n) is 18.8. The van der Waals surface area contributed by atoms with Gasteiger partial charge in [0.2, 0.25) is 11.8 Å². The van der Waals surface area contributed by atoms with Gasteiger partial charge in [0.15, 0.2) is 12.4 Å². The molecule has 0 radical (unpaired) electrons. The minimum Gasteiger partial charge on any atom is -0.484 e. The minimum absolute atomic E-state index is 0.0240. The Morgan fingerprint density at radius 2 is 1.84 bits per heavy atom. The third-order valence-corrected chi connectivity index (χ3v) is 6.15. The largest absolute Gasteiger partial charge is 0.484 e. The first-order chi connectivity index (χ1) is 15.5. The molecule has 1 aromatic heterocycles. The molecule has 0 bridgehead atoms. The lowest BCUT2D eigenvalue weighted by Gasteiger charge is -2.32. The molecule has 2 aromatic rings. The van der Waals surface area contributed by atoms with E-state index in [1.54, 1.807) is 4.90 Å². The summed E-state index contributed by atoms with van der Waals surface area (Å²) in [6.07, 6.45) is 2.43. The number of hydrogen-bond donors (Lipinski definition) is 0. The van der Waals surface area contributed by atoms with E-state index in [2.05, 4.69) is 22.1 Å². The second-order valence-corrected chi connectivity index (χ2v) is 8.58. The minimum atomic E-state index is -0.213. The summed E-state index contributed by atoms with van der Waals surface area (Å²) in [5, 5.41) is 4.11. The molecule has 2 aliphatic heterocycles. The number of hydrogen-bond acceptors (Lipinski definition) is 7. The van der Waals surface area contributed by atoms with E-state index in [9.17, 15) is 9.59 Å². The van der Waals surface area contributed by atoms with E-state index in [1.807, 2.05) is 36.1 Å². The first-order valence-electron chi connectivity index (χ1n) is 11.3. The zero-order valence-corrected chi connectivity index (χ0v) is 18.8. The third-order valence-electron chi connectivity index (χ3n) is 6.15. The van der Waals surface area contributed by atoms with Crippen molar-refractivity contribution in [2.75, 3.05) is 46.4 Å². The lowest BCUT2D eigenvalue weighted by atomic mass is 10.2. The molecule has 3 heterocycles. The van der Waals surface area contributed by atoms with E-state index in [0.29, 0.717) is 36.9 Å². The molecule has 32 heavy (non-hydrogen) atoms. The van der Waals surface area contributed by atoms with Gasteiger partial charge in [-0.05, 0) is 38.9 Å². The highest BCUT2D eigenvalue weighted by molar-refractivity contribution is 5.78. The molecule has 1 atom stereocenters. The van der Waals surface area contributed by atoms with Crippen molar-refractivity contribution in [2.45, 2.75) is 38.6 Å². The number of likely N-dealkylation sites (tertiary alicyclic amines) is 1. The Hall–Kier alpha value is -2.94. The van der Waals surface area contributed by atoms with Crippen molar-refractivity contribution in [3.05, 3.63) is 41.5 Å². The van der Waals surface area contributed by atoms with Crippen molar-refractivity contribution in [1.29, 1.82) is 0 Å². The molecule has 9 heteroatoms. The number of aryl methyl sites for hydroxylation is 2. The smallest absolute Gasteiger partial charge is 0.261 e. The monoisotopic (exact) mass is 441 g/mol. The molecule has 0 aliphatic carbocycles. The van der Waals surface area contributed by atoms with E-state index in [0.717, 1.165) is 44.6 Å². The van der Waals surface area contributed by atoms with Crippen molar-refractivity contribution in [2.24, 2.45) is 0 Å². The van der Waals surface area contributed by atoms with Gasteiger partial charge in [0, 0.05) is 45.6 Å². The highest BCUT2D eigenvalue weighted by atomic mass is 16.5. The predicted molar refractivity (Wildman–Crippen MR) is 117 cm³/mol. The summed E-state index contributed by atoms with van der Waals surface area (Å²) in [4.78, 5) is 35.6. The number of carbonyl (C=O) groups excluding carboxylic acids is 2. The molecular weight excluding hydrogens is 410 g/mol. The van der Waals surface area contributed by atoms with E-state index >= 15 is 0 Å². The van der Waals surface area contributed by atoms with Crippen LogP contribution < -0.4 is 4.74 Å². The number of amides is 2. The van der Waals surface area contributed by atoms with Crippen LogP contribution >= 0.6 is 0 Å². The van der Waals surface area contributed by atoms with Crippen LogP contribution in [0.4, 0.5) is 0 Å². The van der Waals surface area contributed by atoms with Crippen LogP contribution in [0.2, 0.25) is 0 Å². The van der Waals surface area contributed by atoms with Crippen LogP contribution in [0.5, 0.6) is 5.75 Å². The van der Waals surface area contributed by atoms with E-state index in [-0.39, 0.29) is 24.5 Å². The average molecular weight is 442 g/mol. The summed E-state index contributed by atoms with van der Waals surface area (Å²) in [5.41, 5.74) is 1.14. The van der Waals surface area contributed by atoms with E-state index in [1.165, 1.54) is 0 Å². The highest BCUT2D eigenvalue weighted by Crippen LogP contribution is 2.30. The summed E-state index contributed by atoms with van der Waals surface area (Å²) in [6, 6.07) is 7.41. The number of piperazine rings is 1. The number of nitrogens with zero attached hydrogens (tertiary/aromatic N) is 5. The van der Waals surface area contributed by atoms with Gasteiger partial charge in [0.1, 0.15) is 5.75 Å². The van der Waals surface area contributed by atoms with Gasteiger partial charge in [0.25, 0.3) is 5.91 Å². The molecule has 0 saturated carbocycles. The van der Waals surface area contributed by atoms with E-state index < -0.39 is 0 Å². The molecule has 1 aromatic carbocycles. The van der Waals surface area contributed by atoms with Crippen molar-refractivity contribution in [3.63, 3.8) is 0 Å². The number of aromatic nitrogens is 2. The van der Waals surface area contributed by atoms with Crippen LogP contribution in [0, 0.1) is 6.92 Å². The molecule has 2 saturated heterocycles. The lowest BCUT2D eigenvalue weighted by Crippen LogP contribution is -2.47. The summed E-state index contributed by atoms with van der Waals surface area (Å²) >= 11 is 0. The quantitative estimate of drug-likeness (QED) is 0.647. The molecule has 2 fully saturated rings. The Bertz CT molecular complexity index is 921. The standard InChI is InChI=1S/C23H31N5O4/c1-17-5-7-18(8-6-17)31-16-22(30)28-11-3-4-19(28)23-24-20(32-25-23)9-10-21(29)27-14-12-26(2)13-15-27/h5-8,19H,3-4,9-16H2,1-2H3. The molecule has 4 rings (SSSR count). The van der Waals surface area contributed by atoms with Crippen LogP contribution in [-0.2, 0) is 16.0 Å². The number of ether oxygens (including phenoxy) is 1. The topological polar surface area (TPSA) is 92.0 Å². The molecule has 9 nitrogen and oxygen atoms in total. The Labute approximate surface area is 188 Å². The van der Waals surface area contributed by atoms with Crippen LogP contribution in [0.15, 0.2) is 28.8 Å². The van der Waals surface area contributed by atoms with Gasteiger partial charge in [-0.25, -0.2) is 0 Å². The summed E-state index contributed by atoms with van der Waals surface area (Å²) < 4.78 is 11.0. The number of likely N-dealkylation sites (N-methyl/N-ethyl adjacent to an activating group) is 1. The van der Waals surface area contributed by atoms with Crippen LogP contribution in [-0.4, -0.2) is 83.0 Å². The maximum atomic E-state index is 12.8. The lowest BCUT2D eigenvalue weighted by molar-refractivity contribution is -0.134. The fourth-order valence-corrected chi connectivity index (χ4v) is 4.13. The van der Waals surface area contributed by atoms with Gasteiger partial charge in [0.05, 0.1) is 6.04 Å². The van der Waals surface area contributed by atoms with Gasteiger partial charge in [-0.1, -0.05) is 22.9 Å². The highest BCUT2D eigenvalue weighted by Gasteiger charge is 2.33. The Morgan fingerprint density at radius 3 is 2.59 bits per heavy atom. The molecule has 1 unspecified atom stereocenters. The van der Waals surface area contributed by atoms with Gasteiger partial charge in [-0.3, -0.25) is 9.59 Å². The van der Waals surface area contributed by atoms with Crippen LogP contribution in [0.1, 0.15) is 42.6 Å². The molecule has 0 spiro atoms. The normalized spacial score (nSPS) is 19.4. The van der Waals surface area contributed by atoms with Crippen molar-refractivity contribution >= 4 is 11.8 Å². The average Bonchev–Trinajstić information content (AvgIpc) is 3.47. The zero-order chi connectivity index (χ0) is 22.5. The second-order valence-electron chi connectivity index (χ2n) is 8.58. The van der Waals surface area contributed by atoms with Gasteiger partial charge in [-0.2, -0.15) is 4.98 Å². The third kappa shape index (κ3) is 5.45. The van der Waals surface area contributed by atoms with Crippen molar-refractivity contribution in [3.8, 4) is 5.75 Å². The number of carbonyl (C=O) groups is 2. The molecule has 2 amide bonds. The first kappa shape index (κ1) is 22.3. The molecular formula is C23H31N5O4. The van der Waals surface area contributed by atoms with Gasteiger partial charge >= 0.3 is 0 Å². The Morgan fingerprint density at radius 1 is 1.09 bits per heavy atom. The van der Waals surface area contributed by atoms with Gasteiger partial charge < -0.3 is 24.0 Å². The Balaban J connectivity index is 1.29. The van der Waals surface area contributed by atoms with Crippen LogP contribution in [0.25, 0.3) is 0 Å². The predicted octanol–water partition coefficient (Wildman–Crippen LogP) is 1.83. The molecule has 0 N–H and O–H groups in total. The maximum absolute atomic E-state index is 12.8. The van der Waals surface area contributed by atoms with Gasteiger partial charge in [-0.15, -0.1) is 0 Å². The summed E-state index contributed by atoms with van der Waals surface area (Å²) in [7, 11) is 2.06. The summed E-state index contributed by atoms with van der Waals surface area (Å²) in [5.74, 6) is 1.64.